The first-order chi connectivity index (χ1) is 7.79. The van der Waals surface area contributed by atoms with Crippen molar-refractivity contribution in [1.82, 2.24) is 0 Å². The fourth-order valence-corrected chi connectivity index (χ4v) is 4.79. The van der Waals surface area contributed by atoms with E-state index in [2.05, 4.69) is 4.74 Å². The van der Waals surface area contributed by atoms with Gasteiger partial charge in [0.05, 0.1) is 23.5 Å². The van der Waals surface area contributed by atoms with Gasteiger partial charge >= 0.3 is 5.97 Å². The third kappa shape index (κ3) is 3.69. The van der Waals surface area contributed by atoms with E-state index in [1.165, 1.54) is 7.11 Å². The van der Waals surface area contributed by atoms with E-state index in [1.54, 1.807) is 13.8 Å². The van der Waals surface area contributed by atoms with Crippen LogP contribution in [0.4, 0.5) is 0 Å². The van der Waals surface area contributed by atoms with Gasteiger partial charge in [-0.15, -0.1) is 0 Å². The molecule has 0 unspecified atom stereocenters. The normalized spacial score (nSPS) is 19.0. The summed E-state index contributed by atoms with van der Waals surface area (Å²) in [6.45, 7) is 3.25. The maximum atomic E-state index is 12.2. The highest BCUT2D eigenvalue weighted by molar-refractivity contribution is 7.92. The minimum Gasteiger partial charge on any atom is -0.469 e. The van der Waals surface area contributed by atoms with Crippen LogP contribution in [-0.4, -0.2) is 32.5 Å². The molecule has 0 bridgehead atoms. The predicted molar refractivity (Wildman–Crippen MR) is 66.5 cm³/mol. The summed E-state index contributed by atoms with van der Waals surface area (Å²) in [4.78, 5) is 11.5. The first-order valence-corrected chi connectivity index (χ1v) is 7.81. The Morgan fingerprint density at radius 1 is 1.24 bits per heavy atom. The molecule has 4 nitrogen and oxygen atoms in total. The number of methoxy groups -OCH3 is 1. The summed E-state index contributed by atoms with van der Waals surface area (Å²) in [6, 6.07) is 0. The molecule has 17 heavy (non-hydrogen) atoms. The van der Waals surface area contributed by atoms with Gasteiger partial charge in [-0.25, -0.2) is 8.42 Å². The Morgan fingerprint density at radius 3 is 2.24 bits per heavy atom. The standard InChI is InChI=1S/C12H22O4S/c1-12(2,11(13)16-3)9-17(14,15)10-7-5-4-6-8-10/h10H,4-9H2,1-3H3. The molecular weight excluding hydrogens is 240 g/mol. The van der Waals surface area contributed by atoms with Crippen LogP contribution in [-0.2, 0) is 19.4 Å². The Hall–Kier alpha value is -0.580. The highest BCUT2D eigenvalue weighted by Crippen LogP contribution is 2.29. The summed E-state index contributed by atoms with van der Waals surface area (Å²) in [7, 11) is -1.91. The van der Waals surface area contributed by atoms with Crippen molar-refractivity contribution < 1.29 is 17.9 Å². The van der Waals surface area contributed by atoms with Crippen LogP contribution >= 0.6 is 0 Å². The van der Waals surface area contributed by atoms with Crippen LogP contribution in [0.2, 0.25) is 0 Å². The van der Waals surface area contributed by atoms with Gasteiger partial charge in [0.1, 0.15) is 0 Å². The second-order valence-electron chi connectivity index (χ2n) is 5.44. The van der Waals surface area contributed by atoms with Gasteiger partial charge in [0, 0.05) is 0 Å². The van der Waals surface area contributed by atoms with E-state index in [0.29, 0.717) is 0 Å². The van der Waals surface area contributed by atoms with Crippen LogP contribution in [0.5, 0.6) is 0 Å². The number of rotatable bonds is 4. The minimum absolute atomic E-state index is 0.114. The highest BCUT2D eigenvalue weighted by Gasteiger charge is 2.38. The van der Waals surface area contributed by atoms with E-state index < -0.39 is 21.2 Å². The van der Waals surface area contributed by atoms with Crippen molar-refractivity contribution in [3.8, 4) is 0 Å². The van der Waals surface area contributed by atoms with E-state index in [-0.39, 0.29) is 11.0 Å². The molecule has 1 saturated carbocycles. The topological polar surface area (TPSA) is 60.4 Å². The number of carbonyl (C=O) groups excluding carboxylic acids is 1. The number of esters is 1. The van der Waals surface area contributed by atoms with Crippen LogP contribution in [0.1, 0.15) is 46.0 Å². The first kappa shape index (κ1) is 14.5. The summed E-state index contributed by atoms with van der Waals surface area (Å²) in [5, 5.41) is -0.264. The average molecular weight is 262 g/mol. The number of carbonyl (C=O) groups is 1. The van der Waals surface area contributed by atoms with Gasteiger partial charge in [0.15, 0.2) is 9.84 Å². The lowest BCUT2D eigenvalue weighted by atomic mass is 9.97. The SMILES string of the molecule is COC(=O)C(C)(C)CS(=O)(=O)C1CCCCC1. The fraction of sp³-hybridized carbons (Fsp3) is 0.917. The lowest BCUT2D eigenvalue weighted by Gasteiger charge is -2.27. The molecule has 1 aliphatic rings. The van der Waals surface area contributed by atoms with Crippen molar-refractivity contribution >= 4 is 15.8 Å². The molecule has 100 valence electrons. The molecule has 0 aromatic heterocycles. The van der Waals surface area contributed by atoms with E-state index >= 15 is 0 Å². The average Bonchev–Trinajstić information content (AvgIpc) is 2.27. The molecule has 1 aliphatic carbocycles. The Morgan fingerprint density at radius 2 is 1.76 bits per heavy atom. The summed E-state index contributed by atoms with van der Waals surface area (Å²) >= 11 is 0. The quantitative estimate of drug-likeness (QED) is 0.726. The second kappa shape index (κ2) is 5.38. The number of hydrogen-bond acceptors (Lipinski definition) is 4. The zero-order valence-electron chi connectivity index (χ0n) is 10.9. The van der Waals surface area contributed by atoms with Crippen molar-refractivity contribution in [3.05, 3.63) is 0 Å². The first-order valence-electron chi connectivity index (χ1n) is 6.09. The van der Waals surface area contributed by atoms with Gasteiger partial charge in [-0.2, -0.15) is 0 Å². The van der Waals surface area contributed by atoms with Gasteiger partial charge in [-0.05, 0) is 26.7 Å². The molecule has 0 spiro atoms. The monoisotopic (exact) mass is 262 g/mol. The fourth-order valence-electron chi connectivity index (χ4n) is 2.38. The van der Waals surface area contributed by atoms with Crippen LogP contribution in [0, 0.1) is 5.41 Å². The Balaban J connectivity index is 2.74. The molecule has 0 atom stereocenters. The smallest absolute Gasteiger partial charge is 0.312 e. The van der Waals surface area contributed by atoms with Gasteiger partial charge in [0.2, 0.25) is 0 Å². The second-order valence-corrected chi connectivity index (χ2v) is 7.72. The summed E-state index contributed by atoms with van der Waals surface area (Å²) in [6.07, 6.45) is 4.54. The molecule has 1 rings (SSSR count). The zero-order valence-corrected chi connectivity index (χ0v) is 11.7. The predicted octanol–water partition coefficient (Wildman–Crippen LogP) is 1.93. The number of ether oxygens (including phenoxy) is 1. The Kier molecular flexibility index (Phi) is 4.58. The molecule has 0 aromatic carbocycles. The van der Waals surface area contributed by atoms with Crippen molar-refractivity contribution in [2.75, 3.05) is 12.9 Å². The Bertz CT molecular complexity index is 364. The van der Waals surface area contributed by atoms with Crippen molar-refractivity contribution in [1.29, 1.82) is 0 Å². The lowest BCUT2D eigenvalue weighted by molar-refractivity contribution is -0.149. The molecule has 0 amide bonds. The molecule has 0 aliphatic heterocycles. The van der Waals surface area contributed by atoms with Crippen LogP contribution in [0.3, 0.4) is 0 Å². The highest BCUT2D eigenvalue weighted by atomic mass is 32.2. The lowest BCUT2D eigenvalue weighted by Crippen LogP contribution is -2.38. The van der Waals surface area contributed by atoms with E-state index in [1.807, 2.05) is 0 Å². The van der Waals surface area contributed by atoms with Crippen molar-refractivity contribution in [2.45, 2.75) is 51.2 Å². The molecule has 1 fully saturated rings. The van der Waals surface area contributed by atoms with Gasteiger partial charge < -0.3 is 4.74 Å². The van der Waals surface area contributed by atoms with Gasteiger partial charge in [0.25, 0.3) is 0 Å². The summed E-state index contributed by atoms with van der Waals surface area (Å²) in [5.41, 5.74) is -0.953. The van der Waals surface area contributed by atoms with E-state index in [9.17, 15) is 13.2 Å². The largest absolute Gasteiger partial charge is 0.469 e. The zero-order chi connectivity index (χ0) is 13.1. The van der Waals surface area contributed by atoms with Gasteiger partial charge in [-0.1, -0.05) is 19.3 Å². The van der Waals surface area contributed by atoms with Gasteiger partial charge in [-0.3, -0.25) is 4.79 Å². The van der Waals surface area contributed by atoms with Crippen LogP contribution in [0.15, 0.2) is 0 Å². The molecule has 0 N–H and O–H groups in total. The third-order valence-electron chi connectivity index (χ3n) is 3.36. The summed E-state index contributed by atoms with van der Waals surface area (Å²) < 4.78 is 29.1. The molecule has 5 heteroatoms. The molecule has 0 heterocycles. The number of sulfone groups is 1. The maximum Gasteiger partial charge on any atom is 0.312 e. The molecule has 0 saturated heterocycles. The maximum absolute atomic E-state index is 12.2. The molecular formula is C12H22O4S. The van der Waals surface area contributed by atoms with E-state index in [0.717, 1.165) is 32.1 Å². The molecule has 0 aromatic rings. The minimum atomic E-state index is -3.20. The summed E-state index contributed by atoms with van der Waals surface area (Å²) in [5.74, 6) is -0.575. The van der Waals surface area contributed by atoms with Crippen LogP contribution in [0.25, 0.3) is 0 Å². The number of hydrogen-bond donors (Lipinski definition) is 0. The van der Waals surface area contributed by atoms with Crippen LogP contribution < -0.4 is 0 Å². The van der Waals surface area contributed by atoms with Crippen molar-refractivity contribution in [2.24, 2.45) is 5.41 Å². The Labute approximate surface area is 104 Å². The van der Waals surface area contributed by atoms with E-state index in [4.69, 9.17) is 0 Å². The third-order valence-corrected chi connectivity index (χ3v) is 5.97. The van der Waals surface area contributed by atoms with Crippen molar-refractivity contribution in [3.63, 3.8) is 0 Å². The molecule has 0 radical (unpaired) electrons.